The molecule has 0 radical (unpaired) electrons. The molecule has 3 fully saturated rings. The summed E-state index contributed by atoms with van der Waals surface area (Å²) in [6, 6.07) is 1.04. The predicted molar refractivity (Wildman–Crippen MR) is 82.3 cm³/mol. The number of rotatable bonds is 5. The molecule has 0 aliphatic carbocycles. The number of nitrogens with zero attached hydrogens (tertiary/aromatic N) is 4. The summed E-state index contributed by atoms with van der Waals surface area (Å²) in [4.78, 5) is 11.5. The maximum absolute atomic E-state index is 13.2. The Morgan fingerprint density at radius 3 is 2.68 bits per heavy atom. The molecule has 7 nitrogen and oxygen atoms in total. The van der Waals surface area contributed by atoms with E-state index in [0.29, 0.717) is 12.4 Å². The largest absolute Gasteiger partial charge is 0.433 e. The van der Waals surface area contributed by atoms with Crippen LogP contribution < -0.4 is 10.2 Å². The number of hydrogen-bond acceptors (Lipinski definition) is 7. The number of epoxide rings is 1. The summed E-state index contributed by atoms with van der Waals surface area (Å²) in [6.07, 6.45) is -2.10. The zero-order valence-corrected chi connectivity index (χ0v) is 14.0. The van der Waals surface area contributed by atoms with Crippen molar-refractivity contribution in [3.8, 4) is 0 Å². The second-order valence-corrected chi connectivity index (χ2v) is 6.24. The highest BCUT2D eigenvalue weighted by molar-refractivity contribution is 5.50. The smallest absolute Gasteiger partial charge is 0.338 e. The van der Waals surface area contributed by atoms with Gasteiger partial charge >= 0.3 is 12.1 Å². The van der Waals surface area contributed by atoms with Crippen LogP contribution in [0.25, 0.3) is 0 Å². The second-order valence-electron chi connectivity index (χ2n) is 6.24. The van der Waals surface area contributed by atoms with Crippen LogP contribution in [0, 0.1) is 0 Å². The fraction of sp³-hybridized carbons (Fsp3) is 0.600. The Bertz CT molecular complexity index is 740. The molecule has 0 amide bonds. The fourth-order valence-corrected chi connectivity index (χ4v) is 2.95. The molecule has 3 atom stereocenters. The van der Waals surface area contributed by atoms with Crippen LogP contribution >= 0.6 is 0 Å². The monoisotopic (exact) mass is 357 g/mol. The van der Waals surface area contributed by atoms with Gasteiger partial charge in [-0.2, -0.15) is 18.2 Å². The van der Waals surface area contributed by atoms with Gasteiger partial charge in [0.15, 0.2) is 5.69 Å². The van der Waals surface area contributed by atoms with Crippen molar-refractivity contribution in [1.29, 1.82) is 0 Å². The van der Waals surface area contributed by atoms with Crippen LogP contribution in [-0.4, -0.2) is 46.7 Å². The summed E-state index contributed by atoms with van der Waals surface area (Å²) in [5.74, 6) is -0.0291. The molecule has 0 spiro atoms. The molecule has 1 N–H and O–H groups in total. The number of allylic oxidation sites excluding steroid dienone is 1. The summed E-state index contributed by atoms with van der Waals surface area (Å²) in [5, 5.41) is 2.93. The molecular formula is C15H18F3N5O2. The van der Waals surface area contributed by atoms with Crippen molar-refractivity contribution in [1.82, 2.24) is 14.9 Å². The van der Waals surface area contributed by atoms with E-state index in [0.717, 1.165) is 12.5 Å². The third-order valence-corrected chi connectivity index (χ3v) is 4.70. The molecular weight excluding hydrogens is 339 g/mol. The fourth-order valence-electron chi connectivity index (χ4n) is 2.95. The van der Waals surface area contributed by atoms with E-state index < -0.39 is 17.8 Å². The van der Waals surface area contributed by atoms with Crippen LogP contribution in [0.2, 0.25) is 0 Å². The van der Waals surface area contributed by atoms with Gasteiger partial charge in [-0.1, -0.05) is 0 Å². The number of aromatic nitrogens is 2. The zero-order chi connectivity index (χ0) is 18.0. The van der Waals surface area contributed by atoms with Gasteiger partial charge < -0.3 is 15.0 Å². The van der Waals surface area contributed by atoms with Gasteiger partial charge in [-0.3, -0.25) is 9.64 Å². The van der Waals surface area contributed by atoms with Gasteiger partial charge in [0.05, 0.1) is 0 Å². The number of alkyl halides is 3. The SMILES string of the molecule is C/C=C(/Nc1cc(C(F)(F)F)nc(N2CC[C@@H]2C)n1)N1[C@H]2OC21OC. The second kappa shape index (κ2) is 5.21. The lowest BCUT2D eigenvalue weighted by molar-refractivity contribution is -0.141. The first kappa shape index (κ1) is 16.4. The molecule has 1 aromatic heterocycles. The summed E-state index contributed by atoms with van der Waals surface area (Å²) < 4.78 is 50.1. The maximum atomic E-state index is 13.2. The molecule has 0 bridgehead atoms. The van der Waals surface area contributed by atoms with E-state index in [2.05, 4.69) is 15.3 Å². The van der Waals surface area contributed by atoms with Gasteiger partial charge in [-0.15, -0.1) is 0 Å². The Morgan fingerprint density at radius 2 is 2.24 bits per heavy atom. The number of anilines is 2. The lowest BCUT2D eigenvalue weighted by Crippen LogP contribution is -2.47. The van der Waals surface area contributed by atoms with E-state index in [-0.39, 0.29) is 24.0 Å². The van der Waals surface area contributed by atoms with Crippen LogP contribution in [0.5, 0.6) is 0 Å². The van der Waals surface area contributed by atoms with E-state index in [1.807, 2.05) is 6.92 Å². The average Bonchev–Trinajstić information content (AvgIpc) is 3.41. The molecule has 1 unspecified atom stereocenters. The maximum Gasteiger partial charge on any atom is 0.433 e. The van der Waals surface area contributed by atoms with Crippen LogP contribution in [-0.2, 0) is 15.7 Å². The van der Waals surface area contributed by atoms with Crippen LogP contribution in [0.15, 0.2) is 18.0 Å². The van der Waals surface area contributed by atoms with Crippen LogP contribution in [0.3, 0.4) is 0 Å². The first-order valence-corrected chi connectivity index (χ1v) is 7.98. The molecule has 0 saturated carbocycles. The molecule has 3 aliphatic rings. The first-order chi connectivity index (χ1) is 11.8. The van der Waals surface area contributed by atoms with Gasteiger partial charge in [0.1, 0.15) is 11.6 Å². The van der Waals surface area contributed by atoms with Crippen LogP contribution in [0.1, 0.15) is 26.0 Å². The number of ether oxygens (including phenoxy) is 2. The third-order valence-electron chi connectivity index (χ3n) is 4.70. The van der Waals surface area contributed by atoms with Crippen LogP contribution in [0.4, 0.5) is 24.9 Å². The van der Waals surface area contributed by atoms with E-state index in [4.69, 9.17) is 9.47 Å². The summed E-state index contributed by atoms with van der Waals surface area (Å²) >= 11 is 0. The van der Waals surface area contributed by atoms with Crippen molar-refractivity contribution in [3.05, 3.63) is 23.7 Å². The molecule has 1 aromatic rings. The van der Waals surface area contributed by atoms with Crippen molar-refractivity contribution >= 4 is 11.8 Å². The summed E-state index contributed by atoms with van der Waals surface area (Å²) in [5.41, 5.74) is -0.969. The molecule has 3 saturated heterocycles. The minimum absolute atomic E-state index is 0.0835. The van der Waals surface area contributed by atoms with E-state index in [9.17, 15) is 13.2 Å². The molecule has 25 heavy (non-hydrogen) atoms. The van der Waals surface area contributed by atoms with Crippen molar-refractivity contribution in [2.75, 3.05) is 23.9 Å². The Morgan fingerprint density at radius 1 is 1.48 bits per heavy atom. The number of nitrogens with one attached hydrogen (secondary N) is 1. The molecule has 136 valence electrons. The first-order valence-electron chi connectivity index (χ1n) is 7.98. The number of hydrogen-bond donors (Lipinski definition) is 1. The van der Waals surface area contributed by atoms with Gasteiger partial charge in [-0.25, -0.2) is 4.98 Å². The van der Waals surface area contributed by atoms with Crippen molar-refractivity contribution in [3.63, 3.8) is 0 Å². The van der Waals surface area contributed by atoms with Gasteiger partial charge in [0, 0.05) is 25.8 Å². The lowest BCUT2D eigenvalue weighted by atomic mass is 10.1. The zero-order valence-electron chi connectivity index (χ0n) is 14.0. The number of methoxy groups -OCH3 is 1. The van der Waals surface area contributed by atoms with Crippen molar-refractivity contribution in [2.24, 2.45) is 0 Å². The highest BCUT2D eigenvalue weighted by Gasteiger charge is 2.85. The molecule has 10 heteroatoms. The quantitative estimate of drug-likeness (QED) is 0.812. The van der Waals surface area contributed by atoms with Gasteiger partial charge in [0.2, 0.25) is 12.2 Å². The van der Waals surface area contributed by atoms with E-state index >= 15 is 0 Å². The predicted octanol–water partition coefficient (Wildman–Crippen LogP) is 2.34. The van der Waals surface area contributed by atoms with Crippen molar-refractivity contribution < 1.29 is 22.6 Å². The Balaban J connectivity index is 1.61. The van der Waals surface area contributed by atoms with Crippen molar-refractivity contribution in [2.45, 2.75) is 44.6 Å². The molecule has 4 heterocycles. The number of fused-ring (bicyclic) bond motifs is 1. The van der Waals surface area contributed by atoms with Gasteiger partial charge in [0.25, 0.3) is 0 Å². The summed E-state index contributed by atoms with van der Waals surface area (Å²) in [7, 11) is 1.52. The standard InChI is InChI=1S/C15H18F3N5O2/c1-4-11(23-12-15(23,24-3)25-12)20-10-7-9(14(16,17)18)19-13(21-10)22-6-5-8(22)2/h4,7-8,12H,5-6H2,1-3H3,(H,19,20,21)/b11-4-/t8-,12-,15?,23?/m0/s1. The van der Waals surface area contributed by atoms with Gasteiger partial charge in [-0.05, 0) is 26.3 Å². The molecule has 0 aromatic carbocycles. The highest BCUT2D eigenvalue weighted by atomic mass is 19.4. The molecule has 3 aliphatic heterocycles. The average molecular weight is 357 g/mol. The molecule has 4 rings (SSSR count). The summed E-state index contributed by atoms with van der Waals surface area (Å²) in [6.45, 7) is 4.35. The van der Waals surface area contributed by atoms with E-state index in [1.54, 1.807) is 22.8 Å². The third kappa shape index (κ3) is 2.51. The number of halogens is 3. The Kier molecular flexibility index (Phi) is 3.42. The normalized spacial score (nSPS) is 30.7. The minimum atomic E-state index is -4.54. The Labute approximate surface area is 142 Å². The Hall–Kier alpha value is -2.07. The highest BCUT2D eigenvalue weighted by Crippen LogP contribution is 2.62. The lowest BCUT2D eigenvalue weighted by Gasteiger charge is -2.39. The topological polar surface area (TPSA) is 65.8 Å². The minimum Gasteiger partial charge on any atom is -0.338 e. The van der Waals surface area contributed by atoms with E-state index in [1.165, 1.54) is 7.11 Å².